The van der Waals surface area contributed by atoms with Gasteiger partial charge in [-0.25, -0.2) is 0 Å². The number of phenolic OH excluding ortho intramolecular Hbond substituents is 2. The first-order valence-corrected chi connectivity index (χ1v) is 4.30. The second-order valence-corrected chi connectivity index (χ2v) is 3.35. The number of ketones is 3. The zero-order valence-corrected chi connectivity index (χ0v) is 7.80. The molecule has 6 heteroatoms. The average Bonchev–Trinajstić information content (AvgIpc) is 2.22. The molecule has 0 aromatic heterocycles. The number of hydrogen-bond donors (Lipinski definition) is 3. The Morgan fingerprint density at radius 3 is 2.25 bits per heavy atom. The lowest BCUT2D eigenvalue weighted by molar-refractivity contribution is -0.120. The Hall–Kier alpha value is -2.21. The van der Waals surface area contributed by atoms with Gasteiger partial charge in [-0.15, -0.1) is 0 Å². The van der Waals surface area contributed by atoms with Gasteiger partial charge in [0.15, 0.2) is 11.9 Å². The van der Waals surface area contributed by atoms with Gasteiger partial charge in [0, 0.05) is 11.6 Å². The summed E-state index contributed by atoms with van der Waals surface area (Å²) < 4.78 is 0. The highest BCUT2D eigenvalue weighted by Gasteiger charge is 2.41. The number of benzene rings is 1. The molecular weight excluding hydrogens is 216 g/mol. The molecule has 1 unspecified atom stereocenters. The zero-order valence-electron chi connectivity index (χ0n) is 7.80. The number of carbonyl (C=O) groups is 3. The number of aliphatic hydroxyl groups is 1. The van der Waals surface area contributed by atoms with Crippen LogP contribution in [-0.4, -0.2) is 38.8 Å². The first kappa shape index (κ1) is 10.3. The number of Topliss-reactive ketones (excluding diaryl/α,β-unsaturated/α-hetero) is 3. The predicted octanol–water partition coefficient (Wildman–Crippen LogP) is -0.593. The Balaban J connectivity index is 2.78. The van der Waals surface area contributed by atoms with Crippen molar-refractivity contribution in [2.24, 2.45) is 0 Å². The summed E-state index contributed by atoms with van der Waals surface area (Å²) >= 11 is 0. The van der Waals surface area contributed by atoms with Crippen molar-refractivity contribution in [3.63, 3.8) is 0 Å². The van der Waals surface area contributed by atoms with Gasteiger partial charge in [0.25, 0.3) is 0 Å². The van der Waals surface area contributed by atoms with Crippen molar-refractivity contribution in [3.8, 4) is 11.5 Å². The van der Waals surface area contributed by atoms with E-state index in [0.717, 1.165) is 12.1 Å². The Bertz CT molecular complexity index is 530. The maximum Gasteiger partial charge on any atom is 0.239 e. The van der Waals surface area contributed by atoms with Gasteiger partial charge in [-0.05, 0) is 6.07 Å². The molecule has 1 aromatic rings. The van der Waals surface area contributed by atoms with Crippen molar-refractivity contribution in [1.29, 1.82) is 0 Å². The lowest BCUT2D eigenvalue weighted by Crippen LogP contribution is -2.41. The van der Waals surface area contributed by atoms with Crippen molar-refractivity contribution in [2.45, 2.75) is 6.10 Å². The summed E-state index contributed by atoms with van der Waals surface area (Å²) in [6, 6.07) is 1.76. The summed E-state index contributed by atoms with van der Waals surface area (Å²) in [7, 11) is 0. The molecule has 0 amide bonds. The second kappa shape index (κ2) is 3.14. The quantitative estimate of drug-likeness (QED) is 0.399. The highest BCUT2D eigenvalue weighted by Crippen LogP contribution is 2.31. The Morgan fingerprint density at radius 2 is 1.62 bits per heavy atom. The fraction of sp³-hybridized carbons (Fsp3) is 0.100. The first-order chi connectivity index (χ1) is 7.43. The van der Waals surface area contributed by atoms with Crippen molar-refractivity contribution in [2.75, 3.05) is 0 Å². The first-order valence-electron chi connectivity index (χ1n) is 4.30. The molecule has 1 aromatic carbocycles. The van der Waals surface area contributed by atoms with E-state index in [9.17, 15) is 19.5 Å². The number of aromatic hydroxyl groups is 2. The van der Waals surface area contributed by atoms with Crippen LogP contribution in [0.15, 0.2) is 12.1 Å². The number of phenols is 2. The monoisotopic (exact) mass is 222 g/mol. The molecule has 16 heavy (non-hydrogen) atoms. The molecule has 3 N–H and O–H groups in total. The maximum atomic E-state index is 11.4. The SMILES string of the molecule is O=C1C(=O)C(O)C(=O)c2cc(O)cc(O)c21. The van der Waals surface area contributed by atoms with E-state index in [-0.39, 0.29) is 5.56 Å². The lowest BCUT2D eigenvalue weighted by atomic mass is 9.86. The Morgan fingerprint density at radius 1 is 1.00 bits per heavy atom. The van der Waals surface area contributed by atoms with E-state index >= 15 is 0 Å². The summed E-state index contributed by atoms with van der Waals surface area (Å²) in [6.07, 6.45) is -2.05. The molecule has 1 atom stereocenters. The molecular formula is C10H6O6. The number of hydrogen-bond acceptors (Lipinski definition) is 6. The third kappa shape index (κ3) is 1.20. The van der Waals surface area contributed by atoms with Gasteiger partial charge in [-0.1, -0.05) is 0 Å². The van der Waals surface area contributed by atoms with E-state index in [0.29, 0.717) is 0 Å². The van der Waals surface area contributed by atoms with Gasteiger partial charge in [0.1, 0.15) is 11.5 Å². The lowest BCUT2D eigenvalue weighted by Gasteiger charge is -2.18. The second-order valence-electron chi connectivity index (χ2n) is 3.35. The van der Waals surface area contributed by atoms with Crippen molar-refractivity contribution in [1.82, 2.24) is 0 Å². The Labute approximate surface area is 88.8 Å². The maximum absolute atomic E-state index is 11.4. The minimum atomic E-state index is -2.05. The molecule has 0 spiro atoms. The van der Waals surface area contributed by atoms with Crippen LogP contribution in [0.2, 0.25) is 0 Å². The minimum absolute atomic E-state index is 0.352. The molecule has 6 nitrogen and oxygen atoms in total. The summed E-state index contributed by atoms with van der Waals surface area (Å²) in [5.41, 5.74) is -0.826. The van der Waals surface area contributed by atoms with E-state index in [1.807, 2.05) is 0 Å². The molecule has 0 saturated heterocycles. The molecule has 0 bridgehead atoms. The van der Waals surface area contributed by atoms with Crippen LogP contribution in [0.4, 0.5) is 0 Å². The summed E-state index contributed by atoms with van der Waals surface area (Å²) in [4.78, 5) is 34.0. The molecule has 82 valence electrons. The van der Waals surface area contributed by atoms with E-state index in [4.69, 9.17) is 10.2 Å². The normalized spacial score (nSPS) is 19.8. The molecule has 0 heterocycles. The van der Waals surface area contributed by atoms with Gasteiger partial charge in [0.2, 0.25) is 11.6 Å². The summed E-state index contributed by atoms with van der Waals surface area (Å²) in [6.45, 7) is 0. The molecule has 0 radical (unpaired) electrons. The van der Waals surface area contributed by atoms with Crippen molar-refractivity contribution < 1.29 is 29.7 Å². The number of carbonyl (C=O) groups excluding carboxylic acids is 3. The van der Waals surface area contributed by atoms with E-state index in [1.165, 1.54) is 0 Å². The van der Waals surface area contributed by atoms with E-state index in [1.54, 1.807) is 0 Å². The zero-order chi connectivity index (χ0) is 12.0. The van der Waals surface area contributed by atoms with Crippen molar-refractivity contribution >= 4 is 17.3 Å². The number of rotatable bonds is 0. The molecule has 2 rings (SSSR count). The van der Waals surface area contributed by atoms with Crippen LogP contribution in [0.5, 0.6) is 11.5 Å². The molecule has 0 fully saturated rings. The molecule has 0 saturated carbocycles. The predicted molar refractivity (Wildman–Crippen MR) is 49.4 cm³/mol. The van der Waals surface area contributed by atoms with Crippen LogP contribution in [0.25, 0.3) is 0 Å². The van der Waals surface area contributed by atoms with Gasteiger partial charge in [0.05, 0.1) is 5.56 Å². The van der Waals surface area contributed by atoms with Crippen LogP contribution in [-0.2, 0) is 4.79 Å². The average molecular weight is 222 g/mol. The van der Waals surface area contributed by atoms with Crippen LogP contribution >= 0.6 is 0 Å². The minimum Gasteiger partial charge on any atom is -0.508 e. The molecule has 0 aliphatic heterocycles. The highest BCUT2D eigenvalue weighted by molar-refractivity contribution is 6.53. The highest BCUT2D eigenvalue weighted by atomic mass is 16.3. The van der Waals surface area contributed by atoms with Crippen LogP contribution in [0.3, 0.4) is 0 Å². The standard InChI is InChI=1S/C10H6O6/c11-3-1-4-6(5(12)2-3)8(14)10(16)9(15)7(4)13/h1-2,9,11-12,15H. The Kier molecular flexibility index (Phi) is 2.02. The van der Waals surface area contributed by atoms with Gasteiger partial charge in [-0.3, -0.25) is 14.4 Å². The molecule has 1 aliphatic rings. The van der Waals surface area contributed by atoms with Crippen LogP contribution in [0.1, 0.15) is 20.7 Å². The number of aliphatic hydroxyl groups excluding tert-OH is 1. The smallest absolute Gasteiger partial charge is 0.239 e. The van der Waals surface area contributed by atoms with E-state index < -0.39 is 40.5 Å². The van der Waals surface area contributed by atoms with Crippen LogP contribution in [0, 0.1) is 0 Å². The summed E-state index contributed by atoms with van der Waals surface area (Å²) in [5, 5.41) is 27.7. The fourth-order valence-electron chi connectivity index (χ4n) is 1.56. The number of fused-ring (bicyclic) bond motifs is 1. The third-order valence-corrected chi connectivity index (χ3v) is 2.32. The fourth-order valence-corrected chi connectivity index (χ4v) is 1.56. The van der Waals surface area contributed by atoms with Gasteiger partial charge in [-0.2, -0.15) is 0 Å². The van der Waals surface area contributed by atoms with Crippen LogP contribution < -0.4 is 0 Å². The third-order valence-electron chi connectivity index (χ3n) is 2.32. The largest absolute Gasteiger partial charge is 0.508 e. The van der Waals surface area contributed by atoms with Crippen molar-refractivity contribution in [3.05, 3.63) is 23.3 Å². The summed E-state index contributed by atoms with van der Waals surface area (Å²) in [5.74, 6) is -4.52. The van der Waals surface area contributed by atoms with Gasteiger partial charge >= 0.3 is 0 Å². The topological polar surface area (TPSA) is 112 Å². The van der Waals surface area contributed by atoms with Gasteiger partial charge < -0.3 is 15.3 Å². The van der Waals surface area contributed by atoms with E-state index in [2.05, 4.69) is 0 Å². The molecule has 1 aliphatic carbocycles.